The molecule has 5 rings (SSSR count). The van der Waals surface area contributed by atoms with E-state index in [4.69, 9.17) is 26.1 Å². The molecule has 4 aromatic rings. The van der Waals surface area contributed by atoms with Gasteiger partial charge in [-0.05, 0) is 55.3 Å². The molecule has 0 atom stereocenters. The molecule has 0 spiro atoms. The Bertz CT molecular complexity index is 1290. The van der Waals surface area contributed by atoms with Crippen LogP contribution in [-0.2, 0) is 11.8 Å². The minimum absolute atomic E-state index is 0.0634. The van der Waals surface area contributed by atoms with Crippen LogP contribution in [0, 0.1) is 0 Å². The highest BCUT2D eigenvalue weighted by Crippen LogP contribution is 2.40. The summed E-state index contributed by atoms with van der Waals surface area (Å²) in [6.45, 7) is 1.50. The van der Waals surface area contributed by atoms with Crippen LogP contribution in [0.1, 0.15) is 24.6 Å². The maximum absolute atomic E-state index is 11.9. The summed E-state index contributed by atoms with van der Waals surface area (Å²) in [5.41, 5.74) is 3.36. The molecule has 0 saturated carbocycles. The lowest BCUT2D eigenvalue weighted by Crippen LogP contribution is -2.15. The molecule has 0 amide bonds. The van der Waals surface area contributed by atoms with E-state index in [0.717, 1.165) is 54.0 Å². The van der Waals surface area contributed by atoms with E-state index in [2.05, 4.69) is 4.98 Å². The Morgan fingerprint density at radius 2 is 1.87 bits per heavy atom. The van der Waals surface area contributed by atoms with Gasteiger partial charge in [0, 0.05) is 54.6 Å². The van der Waals surface area contributed by atoms with Gasteiger partial charge in [-0.15, -0.1) is 0 Å². The first-order chi connectivity index (χ1) is 15.1. The molecule has 1 aliphatic rings. The van der Waals surface area contributed by atoms with Crippen molar-refractivity contribution in [2.75, 3.05) is 13.2 Å². The summed E-state index contributed by atoms with van der Waals surface area (Å²) >= 11 is 6.04. The predicted molar refractivity (Wildman–Crippen MR) is 121 cm³/mol. The number of hydrogen-bond acceptors (Lipinski definition) is 4. The predicted octanol–water partition coefficient (Wildman–Crippen LogP) is 5.27. The molecule has 3 heterocycles. The van der Waals surface area contributed by atoms with E-state index in [1.165, 1.54) is 0 Å². The Morgan fingerprint density at radius 3 is 2.61 bits per heavy atom. The van der Waals surface area contributed by atoms with E-state index in [9.17, 15) is 4.79 Å². The van der Waals surface area contributed by atoms with E-state index >= 15 is 0 Å². The third-order valence-electron chi connectivity index (χ3n) is 5.66. The number of aromatic nitrogens is 3. The highest BCUT2D eigenvalue weighted by molar-refractivity contribution is 6.30. The van der Waals surface area contributed by atoms with Crippen LogP contribution in [0.2, 0.25) is 5.02 Å². The van der Waals surface area contributed by atoms with Crippen LogP contribution >= 0.6 is 11.6 Å². The van der Waals surface area contributed by atoms with Crippen LogP contribution in [0.25, 0.3) is 22.2 Å². The molecule has 31 heavy (non-hydrogen) atoms. The monoisotopic (exact) mass is 435 g/mol. The number of benzene rings is 2. The smallest absolute Gasteiger partial charge is 0.250 e. The van der Waals surface area contributed by atoms with Crippen molar-refractivity contribution in [3.63, 3.8) is 0 Å². The van der Waals surface area contributed by atoms with Gasteiger partial charge in [-0.25, -0.2) is 4.98 Å². The second kappa shape index (κ2) is 8.21. The fourth-order valence-corrected chi connectivity index (χ4v) is 4.06. The molecule has 2 aromatic carbocycles. The quantitative estimate of drug-likeness (QED) is 0.474. The lowest BCUT2D eigenvalue weighted by molar-refractivity contribution is 0.0838. The fourth-order valence-electron chi connectivity index (χ4n) is 3.94. The minimum Gasteiger partial charge on any atom is -0.454 e. The number of H-pyrrole nitrogens is 1. The van der Waals surface area contributed by atoms with Crippen molar-refractivity contribution in [1.29, 1.82) is 0 Å². The maximum atomic E-state index is 11.9. The summed E-state index contributed by atoms with van der Waals surface area (Å²) in [6, 6.07) is 14.6. The highest BCUT2D eigenvalue weighted by atomic mass is 35.5. The second-order valence-electron chi connectivity index (χ2n) is 7.77. The van der Waals surface area contributed by atoms with Crippen molar-refractivity contribution in [1.82, 2.24) is 14.5 Å². The number of rotatable bonds is 4. The summed E-state index contributed by atoms with van der Waals surface area (Å²) < 4.78 is 13.4. The van der Waals surface area contributed by atoms with E-state index in [1.807, 2.05) is 36.5 Å². The Kier molecular flexibility index (Phi) is 5.26. The zero-order chi connectivity index (χ0) is 21.4. The molecule has 1 saturated heterocycles. The Labute approximate surface area is 184 Å². The summed E-state index contributed by atoms with van der Waals surface area (Å²) in [5.74, 6) is 2.61. The highest BCUT2D eigenvalue weighted by Gasteiger charge is 2.22. The number of aromatic amines is 1. The summed E-state index contributed by atoms with van der Waals surface area (Å²) in [4.78, 5) is 20.3. The van der Waals surface area contributed by atoms with Crippen molar-refractivity contribution in [2.45, 2.75) is 18.8 Å². The molecule has 1 aliphatic heterocycles. The zero-order valence-electron chi connectivity index (χ0n) is 17.1. The Hall–Kier alpha value is -3.09. The van der Waals surface area contributed by atoms with E-state index < -0.39 is 0 Å². The largest absolute Gasteiger partial charge is 0.454 e. The van der Waals surface area contributed by atoms with Crippen molar-refractivity contribution < 1.29 is 9.47 Å². The van der Waals surface area contributed by atoms with Crippen LogP contribution in [0.4, 0.5) is 0 Å². The SMILES string of the molecule is Cn1cc(-c2ccc3[nH]c(C4CCOCC4)nc3c2Oc2ccc(Cl)cc2)ccc1=O. The lowest BCUT2D eigenvalue weighted by Gasteiger charge is -2.19. The fraction of sp³-hybridized carbons (Fsp3) is 0.250. The van der Waals surface area contributed by atoms with Gasteiger partial charge in [0.25, 0.3) is 0 Å². The van der Waals surface area contributed by atoms with E-state index in [-0.39, 0.29) is 5.56 Å². The molecule has 1 fully saturated rings. The number of nitrogens with one attached hydrogen (secondary N) is 1. The number of hydrogen-bond donors (Lipinski definition) is 1. The third kappa shape index (κ3) is 3.96. The van der Waals surface area contributed by atoms with Gasteiger partial charge >= 0.3 is 0 Å². The van der Waals surface area contributed by atoms with Crippen LogP contribution in [0.15, 0.2) is 59.5 Å². The molecular formula is C24H22ClN3O3. The average molecular weight is 436 g/mol. The zero-order valence-corrected chi connectivity index (χ0v) is 17.9. The number of halogens is 1. The normalized spacial score (nSPS) is 14.8. The maximum Gasteiger partial charge on any atom is 0.250 e. The molecule has 1 N–H and O–H groups in total. The Morgan fingerprint density at radius 1 is 1.10 bits per heavy atom. The molecule has 6 nitrogen and oxygen atoms in total. The minimum atomic E-state index is -0.0634. The molecule has 0 aliphatic carbocycles. The van der Waals surface area contributed by atoms with Gasteiger partial charge < -0.3 is 19.0 Å². The first kappa shape index (κ1) is 19.8. The first-order valence-corrected chi connectivity index (χ1v) is 10.7. The van der Waals surface area contributed by atoms with Crippen LogP contribution in [-0.4, -0.2) is 27.7 Å². The number of fused-ring (bicyclic) bond motifs is 1. The van der Waals surface area contributed by atoms with Gasteiger partial charge in [-0.2, -0.15) is 0 Å². The van der Waals surface area contributed by atoms with Crippen LogP contribution in [0.3, 0.4) is 0 Å². The van der Waals surface area contributed by atoms with Crippen molar-refractivity contribution in [2.24, 2.45) is 7.05 Å². The molecule has 7 heteroatoms. The van der Waals surface area contributed by atoms with Gasteiger partial charge in [0.15, 0.2) is 5.75 Å². The molecule has 0 unspecified atom stereocenters. The number of ether oxygens (including phenoxy) is 2. The van der Waals surface area contributed by atoms with E-state index in [0.29, 0.717) is 22.4 Å². The molecular weight excluding hydrogens is 414 g/mol. The van der Waals surface area contributed by atoms with Gasteiger partial charge in [0.2, 0.25) is 5.56 Å². The summed E-state index contributed by atoms with van der Waals surface area (Å²) in [6.07, 6.45) is 3.70. The molecule has 158 valence electrons. The summed E-state index contributed by atoms with van der Waals surface area (Å²) in [5, 5.41) is 0.644. The third-order valence-corrected chi connectivity index (χ3v) is 5.92. The van der Waals surface area contributed by atoms with Crippen molar-refractivity contribution >= 4 is 22.6 Å². The van der Waals surface area contributed by atoms with Crippen LogP contribution in [0.5, 0.6) is 11.5 Å². The van der Waals surface area contributed by atoms with Crippen molar-refractivity contribution in [3.05, 3.63) is 75.9 Å². The van der Waals surface area contributed by atoms with Crippen LogP contribution < -0.4 is 10.3 Å². The second-order valence-corrected chi connectivity index (χ2v) is 8.21. The topological polar surface area (TPSA) is 69.1 Å². The molecule has 0 radical (unpaired) electrons. The number of aryl methyl sites for hydroxylation is 1. The van der Waals surface area contributed by atoms with Gasteiger partial charge in [-0.1, -0.05) is 11.6 Å². The Balaban J connectivity index is 1.66. The van der Waals surface area contributed by atoms with Crippen molar-refractivity contribution in [3.8, 4) is 22.6 Å². The average Bonchev–Trinajstić information content (AvgIpc) is 3.23. The summed E-state index contributed by atoms with van der Waals surface area (Å²) in [7, 11) is 1.74. The van der Waals surface area contributed by atoms with Gasteiger partial charge in [0.1, 0.15) is 17.1 Å². The molecule has 0 bridgehead atoms. The number of pyridine rings is 1. The number of imidazole rings is 1. The first-order valence-electron chi connectivity index (χ1n) is 10.3. The van der Waals surface area contributed by atoms with E-state index in [1.54, 1.807) is 29.8 Å². The number of nitrogens with zero attached hydrogens (tertiary/aromatic N) is 2. The molecule has 2 aromatic heterocycles. The lowest BCUT2D eigenvalue weighted by atomic mass is 10.00. The van der Waals surface area contributed by atoms with Gasteiger partial charge in [0.05, 0.1) is 5.52 Å². The standard InChI is InChI=1S/C24H22ClN3O3/c1-28-14-16(2-9-21(28)29)19-7-8-20-22(23(19)31-18-5-3-17(25)4-6-18)27-24(26-20)15-10-12-30-13-11-15/h2-9,14-15H,10-13H2,1H3,(H,26,27). The van der Waals surface area contributed by atoms with Gasteiger partial charge in [-0.3, -0.25) is 4.79 Å².